The molecule has 0 N–H and O–H groups in total. The zero-order valence-corrected chi connectivity index (χ0v) is 31.2. The number of rotatable bonds is 5. The molecular weight excluding hydrogens is 651 g/mol. The number of benzene rings is 9. The van der Waals surface area contributed by atoms with Gasteiger partial charge in [0.05, 0.1) is 0 Å². The maximum absolute atomic E-state index is 2.47. The lowest BCUT2D eigenvalue weighted by Crippen LogP contribution is -2.15. The van der Waals surface area contributed by atoms with E-state index in [2.05, 4.69) is 209 Å². The van der Waals surface area contributed by atoms with Crippen molar-refractivity contribution in [3.63, 3.8) is 0 Å². The van der Waals surface area contributed by atoms with Crippen LogP contribution in [-0.2, 0) is 5.41 Å². The molecule has 1 aliphatic carbocycles. The molecule has 10 rings (SSSR count). The van der Waals surface area contributed by atoms with Crippen LogP contribution in [0.2, 0.25) is 0 Å². The molecule has 0 radical (unpaired) electrons. The normalized spacial score (nSPS) is 12.1. The van der Waals surface area contributed by atoms with Crippen LogP contribution in [0.4, 0.5) is 17.1 Å². The van der Waals surface area contributed by atoms with Crippen LogP contribution in [0.1, 0.15) is 31.9 Å². The van der Waals surface area contributed by atoms with Crippen molar-refractivity contribution in [1.29, 1.82) is 0 Å². The van der Waals surface area contributed by atoms with Crippen LogP contribution in [-0.4, -0.2) is 0 Å². The maximum atomic E-state index is 2.47. The molecule has 0 saturated carbocycles. The molecule has 258 valence electrons. The minimum Gasteiger partial charge on any atom is -0.310 e. The topological polar surface area (TPSA) is 3.24 Å². The number of fused-ring (bicyclic) bond motifs is 7. The smallest absolute Gasteiger partial charge is 0.0493 e. The van der Waals surface area contributed by atoms with E-state index in [9.17, 15) is 0 Å². The number of para-hydroxylation sites is 1. The molecule has 1 heteroatoms. The molecule has 0 bridgehead atoms. The van der Waals surface area contributed by atoms with E-state index in [-0.39, 0.29) is 5.41 Å². The zero-order chi connectivity index (χ0) is 36.6. The lowest BCUT2D eigenvalue weighted by Gasteiger charge is -2.30. The Morgan fingerprint density at radius 2 is 0.889 bits per heavy atom. The Balaban J connectivity index is 1.18. The van der Waals surface area contributed by atoms with E-state index in [0.717, 1.165) is 11.4 Å². The van der Waals surface area contributed by atoms with Gasteiger partial charge in [0.1, 0.15) is 0 Å². The molecule has 0 atom stereocenters. The molecule has 0 spiro atoms. The van der Waals surface area contributed by atoms with Crippen molar-refractivity contribution in [1.82, 2.24) is 0 Å². The summed E-state index contributed by atoms with van der Waals surface area (Å²) in [6, 6.07) is 65.2. The summed E-state index contributed by atoms with van der Waals surface area (Å²) >= 11 is 0. The van der Waals surface area contributed by atoms with Gasteiger partial charge >= 0.3 is 0 Å². The van der Waals surface area contributed by atoms with E-state index in [4.69, 9.17) is 0 Å². The standard InChI is InChI=1S/C53H41N/c1-34-24-26-39(53(2,3)4)31-50(34)54(40-20-12-7-13-21-40)41-27-25-37-29-44-45(30-38(37)28-41)47-33-49-48(32-46(44)47)51(35-16-8-5-9-17-35)42-22-14-15-23-43(42)52(49)36-18-10-6-11-19-36/h5-33H,1-4H3. The monoisotopic (exact) mass is 691 g/mol. The Kier molecular flexibility index (Phi) is 7.35. The summed E-state index contributed by atoms with van der Waals surface area (Å²) in [7, 11) is 0. The highest BCUT2D eigenvalue weighted by Crippen LogP contribution is 2.54. The summed E-state index contributed by atoms with van der Waals surface area (Å²) in [5.41, 5.74) is 16.5. The van der Waals surface area contributed by atoms with Gasteiger partial charge in [-0.05, 0) is 155 Å². The molecule has 0 heterocycles. The van der Waals surface area contributed by atoms with E-state index >= 15 is 0 Å². The largest absolute Gasteiger partial charge is 0.310 e. The van der Waals surface area contributed by atoms with Crippen molar-refractivity contribution in [3.8, 4) is 44.5 Å². The van der Waals surface area contributed by atoms with Crippen molar-refractivity contribution < 1.29 is 0 Å². The fourth-order valence-electron chi connectivity index (χ4n) is 8.63. The Morgan fingerprint density at radius 3 is 1.44 bits per heavy atom. The first-order valence-electron chi connectivity index (χ1n) is 19.0. The van der Waals surface area contributed by atoms with E-state index in [0.29, 0.717) is 0 Å². The summed E-state index contributed by atoms with van der Waals surface area (Å²) in [5.74, 6) is 0. The van der Waals surface area contributed by atoms with Gasteiger partial charge in [-0.15, -0.1) is 0 Å². The third-order valence-corrected chi connectivity index (χ3v) is 11.4. The summed E-state index contributed by atoms with van der Waals surface area (Å²) in [6.45, 7) is 9.09. The summed E-state index contributed by atoms with van der Waals surface area (Å²) in [6.07, 6.45) is 0. The molecule has 0 unspecified atom stereocenters. The molecule has 1 aliphatic rings. The van der Waals surface area contributed by atoms with Gasteiger partial charge in [0.15, 0.2) is 0 Å². The van der Waals surface area contributed by atoms with Gasteiger partial charge in [-0.2, -0.15) is 0 Å². The molecule has 0 amide bonds. The highest BCUT2D eigenvalue weighted by molar-refractivity contribution is 6.24. The van der Waals surface area contributed by atoms with Gasteiger partial charge in [-0.1, -0.05) is 142 Å². The van der Waals surface area contributed by atoms with Crippen molar-refractivity contribution in [2.45, 2.75) is 33.1 Å². The first kappa shape index (κ1) is 32.2. The SMILES string of the molecule is Cc1ccc(C(C)(C)C)cc1N(c1ccccc1)c1ccc2cc3c(cc2c1)-c1cc2c(-c4ccccc4)c4ccccc4c(-c4ccccc4)c2cc1-3. The van der Waals surface area contributed by atoms with Crippen LogP contribution in [0.5, 0.6) is 0 Å². The van der Waals surface area contributed by atoms with Gasteiger partial charge in [0.2, 0.25) is 0 Å². The van der Waals surface area contributed by atoms with Gasteiger partial charge < -0.3 is 4.90 Å². The van der Waals surface area contributed by atoms with Crippen LogP contribution in [0.25, 0.3) is 76.8 Å². The Labute approximate surface area is 317 Å². The van der Waals surface area contributed by atoms with Crippen LogP contribution in [0.3, 0.4) is 0 Å². The van der Waals surface area contributed by atoms with E-state index in [1.165, 1.54) is 93.6 Å². The fourth-order valence-corrected chi connectivity index (χ4v) is 8.63. The molecule has 9 aromatic carbocycles. The highest BCUT2D eigenvalue weighted by atomic mass is 15.1. The minimum atomic E-state index is 0.0442. The Hall–Kier alpha value is -6.44. The average molecular weight is 692 g/mol. The summed E-state index contributed by atoms with van der Waals surface area (Å²) < 4.78 is 0. The lowest BCUT2D eigenvalue weighted by atomic mass is 9.75. The number of hydrogen-bond acceptors (Lipinski definition) is 1. The first-order valence-corrected chi connectivity index (χ1v) is 19.0. The second-order valence-electron chi connectivity index (χ2n) is 15.8. The molecule has 0 aliphatic heterocycles. The Morgan fingerprint density at radius 1 is 0.389 bits per heavy atom. The summed E-state index contributed by atoms with van der Waals surface area (Å²) in [4.78, 5) is 2.42. The zero-order valence-electron chi connectivity index (χ0n) is 31.2. The van der Waals surface area contributed by atoms with Gasteiger partial charge in [0, 0.05) is 17.1 Å². The summed E-state index contributed by atoms with van der Waals surface area (Å²) in [5, 5.41) is 7.65. The molecule has 0 aromatic heterocycles. The molecular formula is C53H41N. The van der Waals surface area contributed by atoms with Gasteiger partial charge in [-0.25, -0.2) is 0 Å². The third-order valence-electron chi connectivity index (χ3n) is 11.4. The highest BCUT2D eigenvalue weighted by Gasteiger charge is 2.27. The lowest BCUT2D eigenvalue weighted by molar-refractivity contribution is 0.590. The number of hydrogen-bond donors (Lipinski definition) is 0. The average Bonchev–Trinajstić information content (AvgIpc) is 3.20. The van der Waals surface area contributed by atoms with Gasteiger partial charge in [-0.3, -0.25) is 0 Å². The van der Waals surface area contributed by atoms with Crippen LogP contribution >= 0.6 is 0 Å². The molecule has 54 heavy (non-hydrogen) atoms. The number of nitrogens with zero attached hydrogens (tertiary/aromatic N) is 1. The molecule has 0 fully saturated rings. The second-order valence-corrected chi connectivity index (χ2v) is 15.8. The predicted octanol–water partition coefficient (Wildman–Crippen LogP) is 15.2. The number of aryl methyl sites for hydroxylation is 1. The first-order chi connectivity index (χ1) is 26.3. The van der Waals surface area contributed by atoms with Crippen molar-refractivity contribution in [2.24, 2.45) is 0 Å². The quantitative estimate of drug-likeness (QED) is 0.162. The number of anilines is 3. The second kappa shape index (κ2) is 12.3. The predicted molar refractivity (Wildman–Crippen MR) is 232 cm³/mol. The fraction of sp³-hybridized carbons (Fsp3) is 0.0943. The maximum Gasteiger partial charge on any atom is 0.0493 e. The van der Waals surface area contributed by atoms with Gasteiger partial charge in [0.25, 0.3) is 0 Å². The van der Waals surface area contributed by atoms with Crippen LogP contribution in [0.15, 0.2) is 176 Å². The minimum absolute atomic E-state index is 0.0442. The van der Waals surface area contributed by atoms with Crippen LogP contribution < -0.4 is 4.90 Å². The van der Waals surface area contributed by atoms with E-state index < -0.39 is 0 Å². The van der Waals surface area contributed by atoms with E-state index in [1.54, 1.807) is 0 Å². The van der Waals surface area contributed by atoms with E-state index in [1.807, 2.05) is 0 Å². The third kappa shape index (κ3) is 5.15. The molecule has 1 nitrogen and oxygen atoms in total. The Bertz CT molecular complexity index is 2900. The van der Waals surface area contributed by atoms with Crippen molar-refractivity contribution in [3.05, 3.63) is 187 Å². The van der Waals surface area contributed by atoms with Crippen LogP contribution in [0, 0.1) is 6.92 Å². The van der Waals surface area contributed by atoms with Crippen molar-refractivity contribution >= 4 is 49.4 Å². The van der Waals surface area contributed by atoms with Crippen molar-refractivity contribution in [2.75, 3.05) is 4.90 Å². The molecule has 9 aromatic rings. The molecule has 0 saturated heterocycles.